The molecule has 1 aliphatic rings. The molecular weight excluding hydrogens is 214 g/mol. The van der Waals surface area contributed by atoms with E-state index in [0.717, 1.165) is 13.0 Å². The smallest absolute Gasteiger partial charge is 0.250 e. The van der Waals surface area contributed by atoms with Crippen LogP contribution in [0, 0.1) is 5.92 Å². The van der Waals surface area contributed by atoms with Gasteiger partial charge in [-0.15, -0.1) is 0 Å². The van der Waals surface area contributed by atoms with Crippen molar-refractivity contribution in [2.24, 2.45) is 5.92 Å². The number of likely N-dealkylation sites (tertiary alicyclic amines) is 1. The van der Waals surface area contributed by atoms with Gasteiger partial charge in [-0.1, -0.05) is 13.8 Å². The second-order valence-corrected chi connectivity index (χ2v) is 4.49. The Balaban J connectivity index is 2.44. The minimum Gasteiger partial charge on any atom is -0.341 e. The van der Waals surface area contributed by atoms with Crippen LogP contribution in [0.3, 0.4) is 0 Å². The van der Waals surface area contributed by atoms with Crippen molar-refractivity contribution in [2.45, 2.75) is 39.2 Å². The van der Waals surface area contributed by atoms with E-state index in [0.29, 0.717) is 18.9 Å². The van der Waals surface area contributed by atoms with Gasteiger partial charge in [0, 0.05) is 25.6 Å². The molecule has 1 aliphatic heterocycles. The standard InChI is InChI=1S/C11H20F2N2O/c1-3-11(16)15-6-8(2)4-9(7-15)14-5-10(12)13/h8-10,14H,3-7H2,1-2H3. The Kier molecular flexibility index (Phi) is 5.12. The normalized spacial score (nSPS) is 26.2. The van der Waals surface area contributed by atoms with Gasteiger partial charge in [0.1, 0.15) is 0 Å². The van der Waals surface area contributed by atoms with Gasteiger partial charge in [0.15, 0.2) is 0 Å². The van der Waals surface area contributed by atoms with E-state index in [1.807, 2.05) is 13.8 Å². The summed E-state index contributed by atoms with van der Waals surface area (Å²) in [6.07, 6.45) is -0.985. The summed E-state index contributed by atoms with van der Waals surface area (Å²) in [5.74, 6) is 0.481. The van der Waals surface area contributed by atoms with Gasteiger partial charge in [-0.2, -0.15) is 0 Å². The Hall–Kier alpha value is -0.710. The molecule has 1 N–H and O–H groups in total. The molecule has 1 rings (SSSR count). The summed E-state index contributed by atoms with van der Waals surface area (Å²) in [6.45, 7) is 4.89. The summed E-state index contributed by atoms with van der Waals surface area (Å²) in [5.41, 5.74) is 0. The van der Waals surface area contributed by atoms with Gasteiger partial charge in [-0.05, 0) is 12.3 Å². The average molecular weight is 234 g/mol. The summed E-state index contributed by atoms with van der Waals surface area (Å²) < 4.78 is 24.1. The van der Waals surface area contributed by atoms with Crippen LogP contribution in [0.2, 0.25) is 0 Å². The van der Waals surface area contributed by atoms with Crippen molar-refractivity contribution in [1.29, 1.82) is 0 Å². The maximum absolute atomic E-state index is 12.1. The molecule has 0 bridgehead atoms. The molecule has 2 unspecified atom stereocenters. The van der Waals surface area contributed by atoms with E-state index < -0.39 is 6.43 Å². The minimum absolute atomic E-state index is 0.00764. The average Bonchev–Trinajstić information content (AvgIpc) is 2.24. The third-order valence-corrected chi connectivity index (χ3v) is 2.88. The molecule has 0 aromatic heterocycles. The Labute approximate surface area is 95.2 Å². The lowest BCUT2D eigenvalue weighted by molar-refractivity contribution is -0.133. The van der Waals surface area contributed by atoms with Crippen LogP contribution in [0.4, 0.5) is 8.78 Å². The van der Waals surface area contributed by atoms with E-state index in [1.54, 1.807) is 4.90 Å². The summed E-state index contributed by atoms with van der Waals surface area (Å²) in [7, 11) is 0. The van der Waals surface area contributed by atoms with Gasteiger partial charge in [0.2, 0.25) is 5.91 Å². The number of halogens is 2. The lowest BCUT2D eigenvalue weighted by Gasteiger charge is -2.36. The quantitative estimate of drug-likeness (QED) is 0.799. The van der Waals surface area contributed by atoms with Crippen molar-refractivity contribution < 1.29 is 13.6 Å². The number of amides is 1. The summed E-state index contributed by atoms with van der Waals surface area (Å²) in [5, 5.41) is 2.82. The molecule has 1 saturated heterocycles. The Morgan fingerprint density at radius 3 is 2.75 bits per heavy atom. The molecule has 5 heteroatoms. The molecule has 3 nitrogen and oxygen atoms in total. The number of carbonyl (C=O) groups is 1. The van der Waals surface area contributed by atoms with E-state index in [1.165, 1.54) is 0 Å². The van der Waals surface area contributed by atoms with Crippen LogP contribution < -0.4 is 5.32 Å². The van der Waals surface area contributed by atoms with E-state index in [-0.39, 0.29) is 18.5 Å². The number of carbonyl (C=O) groups excluding carboxylic acids is 1. The fourth-order valence-corrected chi connectivity index (χ4v) is 2.18. The molecule has 16 heavy (non-hydrogen) atoms. The second kappa shape index (κ2) is 6.13. The van der Waals surface area contributed by atoms with Gasteiger partial charge in [-0.3, -0.25) is 4.79 Å². The fraction of sp³-hybridized carbons (Fsp3) is 0.909. The number of nitrogens with zero attached hydrogens (tertiary/aromatic N) is 1. The number of piperidine rings is 1. The molecular formula is C11H20F2N2O. The molecule has 0 aliphatic carbocycles. The lowest BCUT2D eigenvalue weighted by Crippen LogP contribution is -2.51. The van der Waals surface area contributed by atoms with Gasteiger partial charge in [0.05, 0.1) is 6.54 Å². The lowest BCUT2D eigenvalue weighted by atomic mass is 9.95. The van der Waals surface area contributed by atoms with E-state index in [2.05, 4.69) is 5.32 Å². The minimum atomic E-state index is -2.33. The number of hydrogen-bond acceptors (Lipinski definition) is 2. The largest absolute Gasteiger partial charge is 0.341 e. The van der Waals surface area contributed by atoms with Crippen molar-refractivity contribution >= 4 is 5.91 Å². The van der Waals surface area contributed by atoms with E-state index >= 15 is 0 Å². The Bertz CT molecular complexity index is 236. The molecule has 0 saturated carbocycles. The van der Waals surface area contributed by atoms with Crippen molar-refractivity contribution in [3.05, 3.63) is 0 Å². The Morgan fingerprint density at radius 2 is 2.19 bits per heavy atom. The summed E-state index contributed by atoms with van der Waals surface area (Å²) >= 11 is 0. The summed E-state index contributed by atoms with van der Waals surface area (Å²) in [4.78, 5) is 13.3. The molecule has 0 aromatic rings. The third-order valence-electron chi connectivity index (χ3n) is 2.88. The molecule has 0 spiro atoms. The molecule has 0 radical (unpaired) electrons. The van der Waals surface area contributed by atoms with Gasteiger partial charge >= 0.3 is 0 Å². The fourth-order valence-electron chi connectivity index (χ4n) is 2.18. The van der Waals surface area contributed by atoms with Crippen LogP contribution >= 0.6 is 0 Å². The summed E-state index contributed by atoms with van der Waals surface area (Å²) in [6, 6.07) is 0.00764. The topological polar surface area (TPSA) is 32.3 Å². The maximum Gasteiger partial charge on any atom is 0.250 e. The Morgan fingerprint density at radius 1 is 1.50 bits per heavy atom. The number of hydrogen-bond donors (Lipinski definition) is 1. The first-order valence-electron chi connectivity index (χ1n) is 5.82. The highest BCUT2D eigenvalue weighted by molar-refractivity contribution is 5.75. The van der Waals surface area contributed by atoms with Crippen LogP contribution in [0.15, 0.2) is 0 Å². The molecule has 1 fully saturated rings. The maximum atomic E-state index is 12.1. The van der Waals surface area contributed by atoms with E-state index in [9.17, 15) is 13.6 Å². The van der Waals surface area contributed by atoms with Crippen LogP contribution in [0.5, 0.6) is 0 Å². The monoisotopic (exact) mass is 234 g/mol. The highest BCUT2D eigenvalue weighted by atomic mass is 19.3. The predicted molar refractivity (Wildman–Crippen MR) is 58.4 cm³/mol. The first kappa shape index (κ1) is 13.4. The van der Waals surface area contributed by atoms with Crippen molar-refractivity contribution in [1.82, 2.24) is 10.2 Å². The van der Waals surface area contributed by atoms with Gasteiger partial charge in [0.25, 0.3) is 6.43 Å². The number of rotatable bonds is 4. The van der Waals surface area contributed by atoms with Crippen molar-refractivity contribution in [2.75, 3.05) is 19.6 Å². The SMILES string of the molecule is CCC(=O)N1CC(C)CC(NCC(F)F)C1. The molecule has 94 valence electrons. The molecule has 1 heterocycles. The first-order valence-corrected chi connectivity index (χ1v) is 5.82. The second-order valence-electron chi connectivity index (χ2n) is 4.49. The van der Waals surface area contributed by atoms with Gasteiger partial charge in [-0.25, -0.2) is 8.78 Å². The van der Waals surface area contributed by atoms with Crippen molar-refractivity contribution in [3.8, 4) is 0 Å². The van der Waals surface area contributed by atoms with E-state index in [4.69, 9.17) is 0 Å². The third kappa shape index (κ3) is 4.04. The molecule has 2 atom stereocenters. The number of alkyl halides is 2. The zero-order valence-corrected chi connectivity index (χ0v) is 9.88. The van der Waals surface area contributed by atoms with Gasteiger partial charge < -0.3 is 10.2 Å². The highest BCUT2D eigenvalue weighted by Crippen LogP contribution is 2.17. The zero-order valence-electron chi connectivity index (χ0n) is 9.88. The predicted octanol–water partition coefficient (Wildman–Crippen LogP) is 1.49. The van der Waals surface area contributed by atoms with Crippen LogP contribution in [-0.2, 0) is 4.79 Å². The molecule has 1 amide bonds. The molecule has 0 aromatic carbocycles. The van der Waals surface area contributed by atoms with Crippen LogP contribution in [0.25, 0.3) is 0 Å². The zero-order chi connectivity index (χ0) is 12.1. The van der Waals surface area contributed by atoms with Crippen molar-refractivity contribution in [3.63, 3.8) is 0 Å². The first-order chi connectivity index (χ1) is 7.52. The van der Waals surface area contributed by atoms with Crippen LogP contribution in [-0.4, -0.2) is 42.9 Å². The highest BCUT2D eigenvalue weighted by Gasteiger charge is 2.27. The van der Waals surface area contributed by atoms with Crippen LogP contribution in [0.1, 0.15) is 26.7 Å². The number of nitrogens with one attached hydrogen (secondary N) is 1.